The molecule has 1 saturated heterocycles. The molecule has 3 aromatic rings. The lowest BCUT2D eigenvalue weighted by molar-refractivity contribution is -0.384. The van der Waals surface area contributed by atoms with E-state index in [0.29, 0.717) is 23.4 Å². The topological polar surface area (TPSA) is 132 Å². The Hall–Kier alpha value is -2.93. The first-order valence-corrected chi connectivity index (χ1v) is 11.1. The van der Waals surface area contributed by atoms with E-state index in [0.717, 1.165) is 11.3 Å². The summed E-state index contributed by atoms with van der Waals surface area (Å²) in [5.74, 6) is -0.525. The van der Waals surface area contributed by atoms with Crippen molar-refractivity contribution in [2.24, 2.45) is 0 Å². The third kappa shape index (κ3) is 4.03. The average Bonchev–Trinajstić information content (AvgIpc) is 3.15. The summed E-state index contributed by atoms with van der Waals surface area (Å²) in [7, 11) is -3.73. The van der Waals surface area contributed by atoms with Crippen LogP contribution in [0.2, 0.25) is 0 Å². The number of nitro benzene ring substituents is 1. The highest BCUT2D eigenvalue weighted by molar-refractivity contribution is 7.89. The van der Waals surface area contributed by atoms with E-state index < -0.39 is 20.9 Å². The van der Waals surface area contributed by atoms with Crippen molar-refractivity contribution in [2.45, 2.75) is 4.90 Å². The molecule has 1 N–H and O–H groups in total. The van der Waals surface area contributed by atoms with E-state index in [1.165, 1.54) is 46.8 Å². The Labute approximate surface area is 175 Å². The maximum Gasteiger partial charge on any atom is 0.270 e. The molecule has 2 heterocycles. The van der Waals surface area contributed by atoms with Crippen molar-refractivity contribution in [2.75, 3.05) is 31.6 Å². The number of carbonyl (C=O) groups excluding carboxylic acids is 1. The molecule has 1 aromatic heterocycles. The van der Waals surface area contributed by atoms with Crippen LogP contribution < -0.4 is 5.32 Å². The van der Waals surface area contributed by atoms with E-state index in [9.17, 15) is 23.3 Å². The van der Waals surface area contributed by atoms with Gasteiger partial charge in [0.2, 0.25) is 10.0 Å². The van der Waals surface area contributed by atoms with Crippen molar-refractivity contribution < 1.29 is 22.9 Å². The Morgan fingerprint density at radius 3 is 2.70 bits per heavy atom. The maximum absolute atomic E-state index is 12.8. The van der Waals surface area contributed by atoms with Crippen LogP contribution in [0.3, 0.4) is 0 Å². The zero-order valence-electron chi connectivity index (χ0n) is 15.5. The highest BCUT2D eigenvalue weighted by Gasteiger charge is 2.27. The summed E-state index contributed by atoms with van der Waals surface area (Å²) >= 11 is 1.10. The number of nitrogens with one attached hydrogen (secondary N) is 1. The molecule has 0 spiro atoms. The van der Waals surface area contributed by atoms with Gasteiger partial charge in [-0.3, -0.25) is 20.2 Å². The fourth-order valence-corrected chi connectivity index (χ4v) is 5.33. The zero-order chi connectivity index (χ0) is 21.3. The molecule has 1 aliphatic heterocycles. The smallest absolute Gasteiger partial charge is 0.270 e. The summed E-state index contributed by atoms with van der Waals surface area (Å²) in [5, 5.41) is 13.8. The van der Waals surface area contributed by atoms with E-state index in [4.69, 9.17) is 4.74 Å². The van der Waals surface area contributed by atoms with Gasteiger partial charge in [-0.05, 0) is 24.3 Å². The normalized spacial score (nSPS) is 15.2. The Morgan fingerprint density at radius 1 is 1.20 bits per heavy atom. The molecule has 0 atom stereocenters. The zero-order valence-corrected chi connectivity index (χ0v) is 17.1. The second-order valence-corrected chi connectivity index (χ2v) is 9.40. The lowest BCUT2D eigenvalue weighted by Gasteiger charge is -2.26. The van der Waals surface area contributed by atoms with E-state index in [1.54, 1.807) is 0 Å². The van der Waals surface area contributed by atoms with Gasteiger partial charge in [-0.15, -0.1) is 0 Å². The second kappa shape index (κ2) is 8.07. The molecule has 0 unspecified atom stereocenters. The molecule has 12 heteroatoms. The third-order valence-electron chi connectivity index (χ3n) is 4.51. The lowest BCUT2D eigenvalue weighted by atomic mass is 10.2. The average molecular weight is 448 g/mol. The third-order valence-corrected chi connectivity index (χ3v) is 7.34. The van der Waals surface area contributed by atoms with Crippen molar-refractivity contribution in [3.8, 4) is 0 Å². The number of aromatic nitrogens is 1. The van der Waals surface area contributed by atoms with Gasteiger partial charge in [-0.25, -0.2) is 13.4 Å². The fourth-order valence-electron chi connectivity index (χ4n) is 2.98. The van der Waals surface area contributed by atoms with Crippen molar-refractivity contribution in [3.05, 3.63) is 58.1 Å². The van der Waals surface area contributed by atoms with E-state index in [2.05, 4.69) is 10.3 Å². The van der Waals surface area contributed by atoms with Crippen LogP contribution in [-0.2, 0) is 14.8 Å². The summed E-state index contributed by atoms with van der Waals surface area (Å²) in [6, 6.07) is 10.0. The molecule has 10 nitrogen and oxygen atoms in total. The minimum absolute atomic E-state index is 0.0250. The van der Waals surface area contributed by atoms with Crippen LogP contribution in [0.5, 0.6) is 0 Å². The quantitative estimate of drug-likeness (QED) is 0.468. The number of ether oxygens (including phenoxy) is 1. The molecule has 1 fully saturated rings. The first-order valence-electron chi connectivity index (χ1n) is 8.89. The van der Waals surface area contributed by atoms with Gasteiger partial charge >= 0.3 is 0 Å². The van der Waals surface area contributed by atoms with E-state index in [-0.39, 0.29) is 34.4 Å². The number of morpholine rings is 1. The number of hydrogen-bond acceptors (Lipinski definition) is 8. The Balaban J connectivity index is 1.56. The Bertz CT molecular complexity index is 1230. The summed E-state index contributed by atoms with van der Waals surface area (Å²) in [6.07, 6.45) is 0. The number of amides is 1. The molecule has 1 aliphatic rings. The van der Waals surface area contributed by atoms with Crippen molar-refractivity contribution >= 4 is 48.3 Å². The van der Waals surface area contributed by atoms with E-state index in [1.807, 2.05) is 0 Å². The molecule has 0 bridgehead atoms. The standard InChI is InChI=1S/C18H16N4O6S2/c23-17(20-18-19-15-5-4-13(22(24)25)11-16(15)29-18)12-2-1-3-14(10-12)30(26,27)21-6-8-28-9-7-21/h1-5,10-11H,6-9H2,(H,19,20,23). The minimum atomic E-state index is -3.73. The van der Waals surface area contributed by atoms with Gasteiger partial charge in [-0.1, -0.05) is 17.4 Å². The predicted octanol–water partition coefficient (Wildman–Crippen LogP) is 2.48. The van der Waals surface area contributed by atoms with Gasteiger partial charge in [0, 0.05) is 30.8 Å². The number of sulfonamides is 1. The summed E-state index contributed by atoms with van der Waals surface area (Å²) in [4.78, 5) is 27.3. The molecule has 156 valence electrons. The molecule has 0 aliphatic carbocycles. The number of nitrogens with zero attached hydrogens (tertiary/aromatic N) is 3. The Kier molecular flexibility index (Phi) is 5.47. The minimum Gasteiger partial charge on any atom is -0.379 e. The predicted molar refractivity (Wildman–Crippen MR) is 110 cm³/mol. The highest BCUT2D eigenvalue weighted by Crippen LogP contribution is 2.29. The number of carbonyl (C=O) groups is 1. The molecular weight excluding hydrogens is 432 g/mol. The largest absolute Gasteiger partial charge is 0.379 e. The first kappa shape index (κ1) is 20.3. The van der Waals surface area contributed by atoms with Crippen LogP contribution in [0, 0.1) is 10.1 Å². The molecule has 0 saturated carbocycles. The number of hydrogen-bond donors (Lipinski definition) is 1. The number of benzene rings is 2. The van der Waals surface area contributed by atoms with Crippen molar-refractivity contribution in [1.82, 2.24) is 9.29 Å². The highest BCUT2D eigenvalue weighted by atomic mass is 32.2. The lowest BCUT2D eigenvalue weighted by Crippen LogP contribution is -2.40. The number of thiazole rings is 1. The van der Waals surface area contributed by atoms with Crippen LogP contribution in [-0.4, -0.2) is 54.8 Å². The molecule has 30 heavy (non-hydrogen) atoms. The number of rotatable bonds is 5. The Morgan fingerprint density at radius 2 is 1.97 bits per heavy atom. The van der Waals surface area contributed by atoms with E-state index >= 15 is 0 Å². The van der Waals surface area contributed by atoms with Gasteiger partial charge in [0.25, 0.3) is 11.6 Å². The number of non-ortho nitro benzene ring substituents is 1. The second-order valence-electron chi connectivity index (χ2n) is 6.43. The maximum atomic E-state index is 12.8. The SMILES string of the molecule is O=C(Nc1nc2ccc([N+](=O)[O-])cc2s1)c1cccc(S(=O)(=O)N2CCOCC2)c1. The van der Waals surface area contributed by atoms with Gasteiger partial charge in [-0.2, -0.15) is 4.31 Å². The molecule has 2 aromatic carbocycles. The summed E-state index contributed by atoms with van der Waals surface area (Å²) in [5.41, 5.74) is 0.615. The van der Waals surface area contributed by atoms with Gasteiger partial charge < -0.3 is 4.74 Å². The molecule has 0 radical (unpaired) electrons. The number of anilines is 1. The van der Waals surface area contributed by atoms with Crippen LogP contribution in [0.4, 0.5) is 10.8 Å². The van der Waals surface area contributed by atoms with Crippen molar-refractivity contribution in [3.63, 3.8) is 0 Å². The number of nitro groups is 1. The fraction of sp³-hybridized carbons (Fsp3) is 0.222. The van der Waals surface area contributed by atoms with Gasteiger partial charge in [0.1, 0.15) is 0 Å². The van der Waals surface area contributed by atoms with Crippen LogP contribution in [0.25, 0.3) is 10.2 Å². The van der Waals surface area contributed by atoms with Crippen LogP contribution >= 0.6 is 11.3 Å². The summed E-state index contributed by atoms with van der Waals surface area (Å²) < 4.78 is 32.7. The van der Waals surface area contributed by atoms with Gasteiger partial charge in [0.15, 0.2) is 5.13 Å². The van der Waals surface area contributed by atoms with Gasteiger partial charge in [0.05, 0.1) is 33.2 Å². The van der Waals surface area contributed by atoms with Crippen LogP contribution in [0.15, 0.2) is 47.4 Å². The van der Waals surface area contributed by atoms with Crippen LogP contribution in [0.1, 0.15) is 10.4 Å². The monoisotopic (exact) mass is 448 g/mol. The first-order chi connectivity index (χ1) is 14.3. The molecule has 4 rings (SSSR count). The summed E-state index contributed by atoms with van der Waals surface area (Å²) in [6.45, 7) is 1.18. The van der Waals surface area contributed by atoms with Crippen molar-refractivity contribution in [1.29, 1.82) is 0 Å². The molecular formula is C18H16N4O6S2. The number of fused-ring (bicyclic) bond motifs is 1. The molecule has 1 amide bonds.